The Balaban J connectivity index is 2.54. The Morgan fingerprint density at radius 2 is 1.70 bits per heavy atom. The molecule has 0 radical (unpaired) electrons. The third kappa shape index (κ3) is 4.04. The van der Waals surface area contributed by atoms with E-state index in [1.165, 1.54) is 19.3 Å². The minimum absolute atomic E-state index is 0.205. The molecule has 0 aromatic rings. The van der Waals surface area contributed by atoms with Gasteiger partial charge in [0.15, 0.2) is 0 Å². The average Bonchev–Trinajstić information content (AvgIpc) is 2.51. The molecule has 5 heteroatoms. The molecule has 4 nitrogen and oxygen atoms in total. The van der Waals surface area contributed by atoms with Crippen LogP contribution >= 0.6 is 0 Å². The Kier molecular flexibility index (Phi) is 8.29. The molecule has 0 saturated carbocycles. The fourth-order valence-corrected chi connectivity index (χ4v) is 7.25. The third-order valence-corrected chi connectivity index (χ3v) is 9.02. The highest BCUT2D eigenvalue weighted by molar-refractivity contribution is 6.70. The van der Waals surface area contributed by atoms with Crippen molar-refractivity contribution in [3.8, 4) is 0 Å². The highest BCUT2D eigenvalue weighted by atomic mass is 28.4. The summed E-state index contributed by atoms with van der Waals surface area (Å²) in [5.41, 5.74) is 0. The van der Waals surface area contributed by atoms with Gasteiger partial charge in [-0.15, -0.1) is 0 Å². The zero-order valence-corrected chi connectivity index (χ0v) is 14.7. The Morgan fingerprint density at radius 3 is 2.30 bits per heavy atom. The molecule has 0 aliphatic carbocycles. The van der Waals surface area contributed by atoms with Gasteiger partial charge in [-0.2, -0.15) is 0 Å². The zero-order chi connectivity index (χ0) is 14.9. The van der Waals surface area contributed by atoms with Crippen LogP contribution in [0.4, 0.5) is 0 Å². The van der Waals surface area contributed by atoms with E-state index in [-0.39, 0.29) is 5.22 Å². The summed E-state index contributed by atoms with van der Waals surface area (Å²) in [7, 11) is 3.11. The average molecular weight is 305 g/mol. The van der Waals surface area contributed by atoms with Crippen molar-refractivity contribution in [1.82, 2.24) is 0 Å². The maximum absolute atomic E-state index is 5.96. The maximum Gasteiger partial charge on any atom is 0.370 e. The number of hydrogen-bond donors (Lipinski definition) is 0. The molecular weight excluding hydrogens is 272 g/mol. The predicted octanol–water partition coefficient (Wildman–Crippen LogP) is 3.43. The Labute approximate surface area is 125 Å². The van der Waals surface area contributed by atoms with Gasteiger partial charge in [0.1, 0.15) is 5.22 Å². The van der Waals surface area contributed by atoms with Gasteiger partial charge in [0.25, 0.3) is 0 Å². The Bertz CT molecular complexity index is 258. The first-order valence-corrected chi connectivity index (χ1v) is 9.96. The second-order valence-electron chi connectivity index (χ2n) is 5.64. The van der Waals surface area contributed by atoms with Crippen LogP contribution in [0.15, 0.2) is 0 Å². The molecule has 0 bridgehead atoms. The van der Waals surface area contributed by atoms with Crippen LogP contribution in [0.2, 0.25) is 6.04 Å². The van der Waals surface area contributed by atoms with E-state index in [1.807, 2.05) is 7.11 Å². The summed E-state index contributed by atoms with van der Waals surface area (Å²) in [6, 6.07) is 1.03. The van der Waals surface area contributed by atoms with Gasteiger partial charge < -0.3 is 18.3 Å². The van der Waals surface area contributed by atoms with Gasteiger partial charge in [-0.05, 0) is 31.7 Å². The first kappa shape index (κ1) is 18.1. The van der Waals surface area contributed by atoms with E-state index in [4.69, 9.17) is 18.3 Å². The molecule has 1 fully saturated rings. The van der Waals surface area contributed by atoms with Crippen molar-refractivity contribution in [3.63, 3.8) is 0 Å². The predicted molar refractivity (Wildman–Crippen MR) is 83.1 cm³/mol. The van der Waals surface area contributed by atoms with Crippen LogP contribution in [0.3, 0.4) is 0 Å². The van der Waals surface area contributed by atoms with Crippen molar-refractivity contribution in [1.29, 1.82) is 0 Å². The van der Waals surface area contributed by atoms with Crippen LogP contribution in [0.1, 0.15) is 51.9 Å². The minimum Gasteiger partial charge on any atom is -0.396 e. The lowest BCUT2D eigenvalue weighted by molar-refractivity contribution is -0.0206. The van der Waals surface area contributed by atoms with Gasteiger partial charge in [0, 0.05) is 34.5 Å². The van der Waals surface area contributed by atoms with E-state index in [9.17, 15) is 0 Å². The normalized spacial score (nSPS) is 25.8. The molecule has 0 aromatic heterocycles. The SMILES string of the molecule is CCCCOCCCC1(OC)CCCC[Si]1(OC)OC. The smallest absolute Gasteiger partial charge is 0.370 e. The second kappa shape index (κ2) is 9.15. The van der Waals surface area contributed by atoms with E-state index in [2.05, 4.69) is 6.92 Å². The van der Waals surface area contributed by atoms with Crippen LogP contribution in [0.5, 0.6) is 0 Å². The Morgan fingerprint density at radius 1 is 1.00 bits per heavy atom. The van der Waals surface area contributed by atoms with E-state index < -0.39 is 8.56 Å². The van der Waals surface area contributed by atoms with Crippen molar-refractivity contribution >= 4 is 8.56 Å². The molecule has 0 amide bonds. The molecule has 1 saturated heterocycles. The monoisotopic (exact) mass is 304 g/mol. The minimum atomic E-state index is -2.26. The van der Waals surface area contributed by atoms with Crippen molar-refractivity contribution in [2.75, 3.05) is 34.5 Å². The zero-order valence-electron chi connectivity index (χ0n) is 13.7. The van der Waals surface area contributed by atoms with Crippen molar-refractivity contribution in [2.24, 2.45) is 0 Å². The molecule has 1 rings (SSSR count). The quantitative estimate of drug-likeness (QED) is 0.458. The molecule has 20 heavy (non-hydrogen) atoms. The highest BCUT2D eigenvalue weighted by Crippen LogP contribution is 2.42. The highest BCUT2D eigenvalue weighted by Gasteiger charge is 2.58. The summed E-state index contributed by atoms with van der Waals surface area (Å²) in [4.78, 5) is 0. The number of methoxy groups -OCH3 is 1. The van der Waals surface area contributed by atoms with Crippen LogP contribution in [-0.4, -0.2) is 48.3 Å². The number of ether oxygens (including phenoxy) is 2. The van der Waals surface area contributed by atoms with Crippen LogP contribution in [0.25, 0.3) is 0 Å². The molecule has 1 unspecified atom stereocenters. The molecule has 1 aliphatic rings. The van der Waals surface area contributed by atoms with Gasteiger partial charge in [-0.3, -0.25) is 0 Å². The number of rotatable bonds is 10. The van der Waals surface area contributed by atoms with Gasteiger partial charge in [-0.1, -0.05) is 26.2 Å². The van der Waals surface area contributed by atoms with Crippen molar-refractivity contribution in [3.05, 3.63) is 0 Å². The molecule has 1 atom stereocenters. The molecular formula is C15H32O4Si. The molecule has 1 aliphatic heterocycles. The van der Waals surface area contributed by atoms with E-state index in [1.54, 1.807) is 14.2 Å². The Hall–Kier alpha value is 0.0569. The molecule has 1 heterocycles. The van der Waals surface area contributed by atoms with E-state index in [0.29, 0.717) is 0 Å². The van der Waals surface area contributed by atoms with Crippen molar-refractivity contribution in [2.45, 2.75) is 63.1 Å². The fourth-order valence-electron chi connectivity index (χ4n) is 3.33. The third-order valence-electron chi connectivity index (χ3n) is 4.59. The molecule has 0 aromatic carbocycles. The van der Waals surface area contributed by atoms with Gasteiger partial charge in [-0.25, -0.2) is 0 Å². The summed E-state index contributed by atoms with van der Waals surface area (Å²) in [5, 5.41) is -0.205. The summed E-state index contributed by atoms with van der Waals surface area (Å²) in [5.74, 6) is 0. The van der Waals surface area contributed by atoms with E-state index >= 15 is 0 Å². The summed E-state index contributed by atoms with van der Waals surface area (Å²) in [6.45, 7) is 3.86. The lowest BCUT2D eigenvalue weighted by atomic mass is 10.1. The molecule has 0 spiro atoms. The molecule has 0 N–H and O–H groups in total. The topological polar surface area (TPSA) is 36.9 Å². The van der Waals surface area contributed by atoms with Crippen LogP contribution < -0.4 is 0 Å². The van der Waals surface area contributed by atoms with Crippen molar-refractivity contribution < 1.29 is 18.3 Å². The summed E-state index contributed by atoms with van der Waals surface area (Å²) < 4.78 is 23.4. The lowest BCUT2D eigenvalue weighted by Gasteiger charge is -2.48. The fraction of sp³-hybridized carbons (Fsp3) is 1.00. The second-order valence-corrected chi connectivity index (χ2v) is 9.37. The first-order chi connectivity index (χ1) is 9.70. The summed E-state index contributed by atoms with van der Waals surface area (Å²) >= 11 is 0. The molecule has 120 valence electrons. The van der Waals surface area contributed by atoms with Crippen LogP contribution in [-0.2, 0) is 18.3 Å². The standard InChI is InChI=1S/C15H32O4Si/c1-5-6-12-19-13-9-11-15(16-2)10-7-8-14-20(15,17-3)18-4/h5-14H2,1-4H3. The number of unbranched alkanes of at least 4 members (excludes halogenated alkanes) is 1. The largest absolute Gasteiger partial charge is 0.396 e. The van der Waals surface area contributed by atoms with Gasteiger partial charge in [0.05, 0.1) is 0 Å². The summed E-state index contributed by atoms with van der Waals surface area (Å²) in [6.07, 6.45) is 7.75. The van der Waals surface area contributed by atoms with Gasteiger partial charge in [0.2, 0.25) is 0 Å². The van der Waals surface area contributed by atoms with E-state index in [0.717, 1.165) is 44.9 Å². The number of hydrogen-bond acceptors (Lipinski definition) is 4. The van der Waals surface area contributed by atoms with Crippen LogP contribution in [0, 0.1) is 0 Å². The van der Waals surface area contributed by atoms with Gasteiger partial charge >= 0.3 is 8.56 Å². The first-order valence-electron chi connectivity index (χ1n) is 7.93. The maximum atomic E-state index is 5.96. The lowest BCUT2D eigenvalue weighted by Crippen LogP contribution is -2.64.